The lowest BCUT2D eigenvalue weighted by Crippen LogP contribution is -2.41. The smallest absolute Gasteiger partial charge is 0.303 e. The topological polar surface area (TPSA) is 86.7 Å². The number of carboxylic acid groups (broad SMARTS) is 1. The number of benzene rings is 1. The molecule has 124 valence electrons. The van der Waals surface area contributed by atoms with E-state index in [0.29, 0.717) is 30.8 Å². The van der Waals surface area contributed by atoms with Crippen LogP contribution in [0.5, 0.6) is 0 Å². The molecule has 0 spiro atoms. The second kappa shape index (κ2) is 7.97. The first kappa shape index (κ1) is 17.3. The van der Waals surface area contributed by atoms with E-state index in [4.69, 9.17) is 16.7 Å². The highest BCUT2D eigenvalue weighted by molar-refractivity contribution is 6.30. The van der Waals surface area contributed by atoms with E-state index >= 15 is 0 Å². The summed E-state index contributed by atoms with van der Waals surface area (Å²) in [5, 5.41) is 11.9. The summed E-state index contributed by atoms with van der Waals surface area (Å²) in [6, 6.07) is 6.47. The molecule has 0 aromatic heterocycles. The molecule has 2 amide bonds. The Bertz CT molecular complexity index is 588. The Morgan fingerprint density at radius 3 is 2.52 bits per heavy atom. The molecule has 1 saturated heterocycles. The average Bonchev–Trinajstić information content (AvgIpc) is 2.86. The predicted molar refractivity (Wildman–Crippen MR) is 86.5 cm³/mol. The molecule has 2 N–H and O–H groups in total. The van der Waals surface area contributed by atoms with Crippen molar-refractivity contribution in [3.8, 4) is 0 Å². The Morgan fingerprint density at radius 1 is 1.22 bits per heavy atom. The number of carbonyl (C=O) groups is 3. The fourth-order valence-electron chi connectivity index (χ4n) is 2.52. The van der Waals surface area contributed by atoms with Crippen LogP contribution in [-0.2, 0) is 14.4 Å². The maximum absolute atomic E-state index is 12.3. The minimum absolute atomic E-state index is 0.0555. The first-order valence-corrected chi connectivity index (χ1v) is 7.93. The number of hydrogen-bond acceptors (Lipinski definition) is 3. The fourth-order valence-corrected chi connectivity index (χ4v) is 2.65. The minimum atomic E-state index is -0.866. The highest BCUT2D eigenvalue weighted by atomic mass is 35.5. The number of halogens is 1. The third-order valence-electron chi connectivity index (χ3n) is 3.72. The van der Waals surface area contributed by atoms with Gasteiger partial charge in [-0.1, -0.05) is 11.6 Å². The number of nitrogens with one attached hydrogen (secondary N) is 1. The van der Waals surface area contributed by atoms with E-state index in [9.17, 15) is 14.4 Å². The van der Waals surface area contributed by atoms with Gasteiger partial charge < -0.3 is 15.3 Å². The van der Waals surface area contributed by atoms with Gasteiger partial charge in [0.05, 0.1) is 0 Å². The molecule has 6 nitrogen and oxygen atoms in total. The molecular weight excluding hydrogens is 320 g/mol. The maximum atomic E-state index is 12.3. The van der Waals surface area contributed by atoms with Gasteiger partial charge in [0, 0.05) is 30.1 Å². The molecule has 7 heteroatoms. The summed E-state index contributed by atoms with van der Waals surface area (Å²) in [6.07, 6.45) is 1.80. The summed E-state index contributed by atoms with van der Waals surface area (Å²) in [4.78, 5) is 36.2. The number of anilines is 1. The minimum Gasteiger partial charge on any atom is -0.481 e. The van der Waals surface area contributed by atoms with Gasteiger partial charge in [0.1, 0.15) is 6.04 Å². The Morgan fingerprint density at radius 2 is 1.87 bits per heavy atom. The molecule has 1 aliphatic heterocycles. The molecule has 0 aliphatic carbocycles. The van der Waals surface area contributed by atoms with Gasteiger partial charge in [-0.25, -0.2) is 0 Å². The van der Waals surface area contributed by atoms with Crippen LogP contribution in [0.15, 0.2) is 24.3 Å². The molecule has 1 atom stereocenters. The number of carbonyl (C=O) groups excluding carboxylic acids is 2. The molecule has 1 aromatic rings. The molecular formula is C16H19ClN2O4. The Labute approximate surface area is 139 Å². The summed E-state index contributed by atoms with van der Waals surface area (Å²) in [5.74, 6) is -1.21. The van der Waals surface area contributed by atoms with Crippen molar-refractivity contribution >= 4 is 35.1 Å². The standard InChI is InChI=1S/C16H19ClN2O4/c17-11-5-7-12(8-6-11)19-10-9-13(16(19)23)18-14(20)3-1-2-4-15(21)22/h5-8,13H,1-4,9-10H2,(H,18,20)(H,21,22). The Hall–Kier alpha value is -2.08. The van der Waals surface area contributed by atoms with Gasteiger partial charge in [-0.2, -0.15) is 0 Å². The highest BCUT2D eigenvalue weighted by Crippen LogP contribution is 2.23. The molecule has 0 radical (unpaired) electrons. The molecule has 1 heterocycles. The zero-order valence-corrected chi connectivity index (χ0v) is 13.4. The molecule has 1 unspecified atom stereocenters. The number of rotatable bonds is 7. The molecule has 2 rings (SSSR count). The van der Waals surface area contributed by atoms with Crippen molar-refractivity contribution in [3.05, 3.63) is 29.3 Å². The fraction of sp³-hybridized carbons (Fsp3) is 0.438. The average molecular weight is 339 g/mol. The molecule has 0 saturated carbocycles. The van der Waals surface area contributed by atoms with Crippen molar-refractivity contribution < 1.29 is 19.5 Å². The van der Waals surface area contributed by atoms with E-state index in [1.807, 2.05) is 0 Å². The normalized spacial score (nSPS) is 17.3. The number of nitrogens with zero attached hydrogens (tertiary/aromatic N) is 1. The zero-order chi connectivity index (χ0) is 16.8. The third-order valence-corrected chi connectivity index (χ3v) is 3.98. The van der Waals surface area contributed by atoms with Crippen LogP contribution < -0.4 is 10.2 Å². The van der Waals surface area contributed by atoms with Crippen LogP contribution >= 0.6 is 11.6 Å². The molecule has 1 fully saturated rings. The first-order valence-electron chi connectivity index (χ1n) is 7.55. The molecule has 23 heavy (non-hydrogen) atoms. The summed E-state index contributed by atoms with van der Waals surface area (Å²) in [5.41, 5.74) is 0.762. The summed E-state index contributed by atoms with van der Waals surface area (Å²) in [7, 11) is 0. The van der Waals surface area contributed by atoms with Crippen LogP contribution in [0.1, 0.15) is 32.1 Å². The number of amides is 2. The van der Waals surface area contributed by atoms with Gasteiger partial charge in [0.25, 0.3) is 0 Å². The number of carboxylic acids is 1. The van der Waals surface area contributed by atoms with Crippen molar-refractivity contribution in [2.24, 2.45) is 0 Å². The van der Waals surface area contributed by atoms with Gasteiger partial charge in [0.15, 0.2) is 0 Å². The van der Waals surface area contributed by atoms with E-state index in [1.165, 1.54) is 0 Å². The Kier molecular flexibility index (Phi) is 5.98. The van der Waals surface area contributed by atoms with E-state index in [-0.39, 0.29) is 24.7 Å². The summed E-state index contributed by atoms with van der Waals surface area (Å²) < 4.78 is 0. The SMILES string of the molecule is O=C(O)CCCCC(=O)NC1CCN(c2ccc(Cl)cc2)C1=O. The van der Waals surface area contributed by atoms with E-state index in [2.05, 4.69) is 5.32 Å². The third kappa shape index (κ3) is 4.96. The van der Waals surface area contributed by atoms with Crippen LogP contribution in [0.3, 0.4) is 0 Å². The van der Waals surface area contributed by atoms with Gasteiger partial charge in [-0.15, -0.1) is 0 Å². The highest BCUT2D eigenvalue weighted by Gasteiger charge is 2.33. The number of aliphatic carboxylic acids is 1. The number of unbranched alkanes of at least 4 members (excludes halogenated alkanes) is 1. The zero-order valence-electron chi connectivity index (χ0n) is 12.6. The monoisotopic (exact) mass is 338 g/mol. The lowest BCUT2D eigenvalue weighted by Gasteiger charge is -2.17. The van der Waals surface area contributed by atoms with Gasteiger partial charge in [0.2, 0.25) is 11.8 Å². The molecule has 1 aromatic carbocycles. The second-order valence-corrected chi connectivity index (χ2v) is 5.91. The van der Waals surface area contributed by atoms with E-state index < -0.39 is 12.0 Å². The number of hydrogen-bond donors (Lipinski definition) is 2. The lowest BCUT2D eigenvalue weighted by atomic mass is 10.1. The second-order valence-electron chi connectivity index (χ2n) is 5.48. The van der Waals surface area contributed by atoms with E-state index in [0.717, 1.165) is 5.69 Å². The summed E-state index contributed by atoms with van der Waals surface area (Å²) in [6.45, 7) is 0.546. The Balaban J connectivity index is 1.81. The van der Waals surface area contributed by atoms with Crippen molar-refractivity contribution in [2.75, 3.05) is 11.4 Å². The summed E-state index contributed by atoms with van der Waals surface area (Å²) >= 11 is 5.84. The van der Waals surface area contributed by atoms with Gasteiger partial charge >= 0.3 is 5.97 Å². The maximum Gasteiger partial charge on any atom is 0.303 e. The van der Waals surface area contributed by atoms with Crippen LogP contribution in [0.2, 0.25) is 5.02 Å². The van der Waals surface area contributed by atoms with Crippen LogP contribution in [-0.4, -0.2) is 35.5 Å². The molecule has 0 bridgehead atoms. The van der Waals surface area contributed by atoms with Gasteiger partial charge in [-0.05, 0) is 43.5 Å². The van der Waals surface area contributed by atoms with Crippen LogP contribution in [0, 0.1) is 0 Å². The predicted octanol–water partition coefficient (Wildman–Crippen LogP) is 2.21. The van der Waals surface area contributed by atoms with Crippen LogP contribution in [0.25, 0.3) is 0 Å². The largest absolute Gasteiger partial charge is 0.481 e. The molecule has 1 aliphatic rings. The van der Waals surface area contributed by atoms with Crippen molar-refractivity contribution in [3.63, 3.8) is 0 Å². The van der Waals surface area contributed by atoms with Gasteiger partial charge in [-0.3, -0.25) is 14.4 Å². The van der Waals surface area contributed by atoms with Crippen molar-refractivity contribution in [1.82, 2.24) is 5.32 Å². The van der Waals surface area contributed by atoms with Crippen molar-refractivity contribution in [1.29, 1.82) is 0 Å². The van der Waals surface area contributed by atoms with Crippen molar-refractivity contribution in [2.45, 2.75) is 38.1 Å². The first-order chi connectivity index (χ1) is 11.0. The van der Waals surface area contributed by atoms with E-state index in [1.54, 1.807) is 29.2 Å². The lowest BCUT2D eigenvalue weighted by molar-refractivity contribution is -0.137. The van der Waals surface area contributed by atoms with Crippen LogP contribution in [0.4, 0.5) is 5.69 Å². The quantitative estimate of drug-likeness (QED) is 0.746.